The van der Waals surface area contributed by atoms with Crippen LogP contribution in [-0.2, 0) is 4.79 Å². The number of nitrogens with zero attached hydrogens (tertiary/aromatic N) is 3. The van der Waals surface area contributed by atoms with E-state index < -0.39 is 0 Å². The van der Waals surface area contributed by atoms with Gasteiger partial charge in [-0.3, -0.25) is 14.2 Å². The van der Waals surface area contributed by atoms with Crippen LogP contribution in [0.5, 0.6) is 0 Å². The summed E-state index contributed by atoms with van der Waals surface area (Å²) in [5.74, 6) is 0.789. The Hall–Kier alpha value is -2.95. The van der Waals surface area contributed by atoms with Gasteiger partial charge in [-0.15, -0.1) is 0 Å². The van der Waals surface area contributed by atoms with Crippen molar-refractivity contribution in [2.24, 2.45) is 0 Å². The van der Waals surface area contributed by atoms with Crippen molar-refractivity contribution in [2.75, 3.05) is 6.54 Å². The molecule has 5 nitrogen and oxygen atoms in total. The average Bonchev–Trinajstić information content (AvgIpc) is 2.80. The maximum absolute atomic E-state index is 13.8. The first kappa shape index (κ1) is 24.7. The SMILES string of the molecule is CCCCCC(=O)N(CCC)C(CC)c1nc2ccccc2c(=O)n1-c1ccc(C)cc1C. The number of aryl methyl sites for hydroxylation is 2. The van der Waals surface area contributed by atoms with E-state index in [0.29, 0.717) is 36.1 Å². The van der Waals surface area contributed by atoms with E-state index in [1.54, 1.807) is 4.57 Å². The lowest BCUT2D eigenvalue weighted by atomic mass is 10.1. The first-order valence-electron chi connectivity index (χ1n) is 12.3. The van der Waals surface area contributed by atoms with E-state index in [1.165, 1.54) is 0 Å². The number of hydrogen-bond donors (Lipinski definition) is 0. The average molecular weight is 448 g/mol. The minimum absolute atomic E-state index is 0.0871. The molecule has 0 radical (unpaired) electrons. The number of aromatic nitrogens is 2. The second kappa shape index (κ2) is 11.3. The molecule has 5 heteroatoms. The molecule has 2 aromatic carbocycles. The minimum atomic E-state index is -0.267. The molecule has 1 unspecified atom stereocenters. The van der Waals surface area contributed by atoms with E-state index in [-0.39, 0.29) is 17.5 Å². The summed E-state index contributed by atoms with van der Waals surface area (Å²) in [4.78, 5) is 34.0. The number of carbonyl (C=O) groups is 1. The van der Waals surface area contributed by atoms with Crippen LogP contribution in [0.1, 0.15) is 82.3 Å². The number of para-hydroxylation sites is 1. The Morgan fingerprint density at radius 2 is 1.79 bits per heavy atom. The van der Waals surface area contributed by atoms with Gasteiger partial charge in [0.15, 0.2) is 0 Å². The van der Waals surface area contributed by atoms with Crippen LogP contribution in [0.15, 0.2) is 47.3 Å². The quantitative estimate of drug-likeness (QED) is 0.344. The van der Waals surface area contributed by atoms with E-state index in [0.717, 1.165) is 42.5 Å². The van der Waals surface area contributed by atoms with Crippen molar-refractivity contribution in [2.45, 2.75) is 79.2 Å². The summed E-state index contributed by atoms with van der Waals surface area (Å²) in [6.07, 6.45) is 5.10. The predicted octanol–water partition coefficient (Wildman–Crippen LogP) is 6.27. The molecule has 0 aliphatic carbocycles. The molecule has 0 N–H and O–H groups in total. The molecule has 33 heavy (non-hydrogen) atoms. The normalized spacial score (nSPS) is 12.2. The highest BCUT2D eigenvalue weighted by atomic mass is 16.2. The van der Waals surface area contributed by atoms with Gasteiger partial charge in [0.2, 0.25) is 5.91 Å². The van der Waals surface area contributed by atoms with Crippen LogP contribution in [0.3, 0.4) is 0 Å². The van der Waals surface area contributed by atoms with Gasteiger partial charge in [-0.1, -0.05) is 63.4 Å². The van der Waals surface area contributed by atoms with Crippen molar-refractivity contribution in [1.82, 2.24) is 14.5 Å². The van der Waals surface area contributed by atoms with Crippen LogP contribution in [-0.4, -0.2) is 26.9 Å². The van der Waals surface area contributed by atoms with Crippen LogP contribution in [0, 0.1) is 13.8 Å². The molecular formula is C28H37N3O2. The fourth-order valence-corrected chi connectivity index (χ4v) is 4.57. The van der Waals surface area contributed by atoms with Gasteiger partial charge in [0.25, 0.3) is 5.56 Å². The van der Waals surface area contributed by atoms with E-state index in [9.17, 15) is 9.59 Å². The van der Waals surface area contributed by atoms with Crippen molar-refractivity contribution in [3.8, 4) is 5.69 Å². The molecule has 1 amide bonds. The number of amides is 1. The number of rotatable bonds is 10. The zero-order valence-electron chi connectivity index (χ0n) is 20.7. The van der Waals surface area contributed by atoms with Gasteiger partial charge in [0, 0.05) is 13.0 Å². The molecule has 0 fully saturated rings. The van der Waals surface area contributed by atoms with Crippen molar-refractivity contribution < 1.29 is 4.79 Å². The van der Waals surface area contributed by atoms with E-state index >= 15 is 0 Å². The highest BCUT2D eigenvalue weighted by molar-refractivity contribution is 5.79. The molecule has 0 saturated heterocycles. The minimum Gasteiger partial charge on any atom is -0.333 e. The molecule has 176 valence electrons. The summed E-state index contributed by atoms with van der Waals surface area (Å²) in [5, 5.41) is 0.590. The zero-order chi connectivity index (χ0) is 24.0. The third-order valence-corrected chi connectivity index (χ3v) is 6.23. The number of carbonyl (C=O) groups excluding carboxylic acids is 1. The predicted molar refractivity (Wildman–Crippen MR) is 136 cm³/mol. The Kier molecular flexibility index (Phi) is 8.43. The van der Waals surface area contributed by atoms with Gasteiger partial charge in [-0.05, 0) is 56.9 Å². The fourth-order valence-electron chi connectivity index (χ4n) is 4.57. The first-order chi connectivity index (χ1) is 15.9. The van der Waals surface area contributed by atoms with Gasteiger partial charge in [-0.25, -0.2) is 4.98 Å². The molecule has 1 heterocycles. The van der Waals surface area contributed by atoms with Crippen LogP contribution in [0.25, 0.3) is 16.6 Å². The number of unbranched alkanes of at least 4 members (excludes halogenated alkanes) is 2. The maximum Gasteiger partial charge on any atom is 0.266 e. The largest absolute Gasteiger partial charge is 0.333 e. The Labute approximate surface area is 197 Å². The maximum atomic E-state index is 13.8. The lowest BCUT2D eigenvalue weighted by molar-refractivity contribution is -0.134. The molecule has 0 aliphatic rings. The molecule has 3 rings (SSSR count). The Bertz CT molecular complexity index is 1170. The van der Waals surface area contributed by atoms with Gasteiger partial charge in [-0.2, -0.15) is 0 Å². The van der Waals surface area contributed by atoms with E-state index in [1.807, 2.05) is 55.1 Å². The monoisotopic (exact) mass is 447 g/mol. The summed E-state index contributed by atoms with van der Waals surface area (Å²) in [6.45, 7) is 11.0. The van der Waals surface area contributed by atoms with Crippen LogP contribution < -0.4 is 5.56 Å². The lowest BCUT2D eigenvalue weighted by Gasteiger charge is -2.32. The molecule has 1 aromatic heterocycles. The molecule has 0 bridgehead atoms. The fraction of sp³-hybridized carbons (Fsp3) is 0.464. The van der Waals surface area contributed by atoms with Crippen molar-refractivity contribution in [1.29, 1.82) is 0 Å². The first-order valence-corrected chi connectivity index (χ1v) is 12.3. The van der Waals surface area contributed by atoms with Gasteiger partial charge < -0.3 is 4.90 Å². The third-order valence-electron chi connectivity index (χ3n) is 6.23. The Balaban J connectivity index is 2.23. The zero-order valence-corrected chi connectivity index (χ0v) is 20.7. The summed E-state index contributed by atoms with van der Waals surface area (Å²) < 4.78 is 1.74. The molecule has 0 spiro atoms. The summed E-state index contributed by atoms with van der Waals surface area (Å²) in [5.41, 5.74) is 3.57. The molecule has 0 saturated carbocycles. The molecular weight excluding hydrogens is 410 g/mol. The lowest BCUT2D eigenvalue weighted by Crippen LogP contribution is -2.39. The molecule has 3 aromatic rings. The van der Waals surface area contributed by atoms with Gasteiger partial charge >= 0.3 is 0 Å². The van der Waals surface area contributed by atoms with Crippen molar-refractivity contribution in [3.05, 3.63) is 69.8 Å². The van der Waals surface area contributed by atoms with Crippen molar-refractivity contribution in [3.63, 3.8) is 0 Å². The molecule has 1 atom stereocenters. The van der Waals surface area contributed by atoms with Crippen LogP contribution >= 0.6 is 0 Å². The summed E-state index contributed by atoms with van der Waals surface area (Å²) in [7, 11) is 0. The standard InChI is InChI=1S/C28H37N3O2/c1-6-9-10-15-26(32)30(18-7-2)24(8-3)27-29-23-14-12-11-13-22(23)28(33)31(27)25-17-16-20(4)19-21(25)5/h11-14,16-17,19,24H,6-10,15,18H2,1-5H3. The molecule has 0 aliphatic heterocycles. The second-order valence-electron chi connectivity index (χ2n) is 8.89. The highest BCUT2D eigenvalue weighted by Crippen LogP contribution is 2.28. The Morgan fingerprint density at radius 3 is 2.45 bits per heavy atom. The second-order valence-corrected chi connectivity index (χ2v) is 8.89. The highest BCUT2D eigenvalue weighted by Gasteiger charge is 2.28. The van der Waals surface area contributed by atoms with Gasteiger partial charge in [0.05, 0.1) is 22.6 Å². The van der Waals surface area contributed by atoms with E-state index in [4.69, 9.17) is 4.98 Å². The van der Waals surface area contributed by atoms with Crippen LogP contribution in [0.4, 0.5) is 0 Å². The van der Waals surface area contributed by atoms with Crippen molar-refractivity contribution >= 4 is 16.8 Å². The summed E-state index contributed by atoms with van der Waals surface area (Å²) >= 11 is 0. The number of hydrogen-bond acceptors (Lipinski definition) is 3. The van der Waals surface area contributed by atoms with Crippen LogP contribution in [0.2, 0.25) is 0 Å². The summed E-state index contributed by atoms with van der Waals surface area (Å²) in [6, 6.07) is 13.3. The third kappa shape index (κ3) is 5.35. The van der Waals surface area contributed by atoms with Gasteiger partial charge in [0.1, 0.15) is 5.82 Å². The smallest absolute Gasteiger partial charge is 0.266 e. The number of fused-ring (bicyclic) bond motifs is 1. The Morgan fingerprint density at radius 1 is 1.03 bits per heavy atom. The topological polar surface area (TPSA) is 55.2 Å². The number of benzene rings is 2. The van der Waals surface area contributed by atoms with E-state index in [2.05, 4.69) is 26.8 Å².